The highest BCUT2D eigenvalue weighted by molar-refractivity contribution is 5.65. The first kappa shape index (κ1) is 12.6. The average molecular weight is 222 g/mol. The molecular weight excluding hydrogens is 204 g/mol. The van der Waals surface area contributed by atoms with Crippen molar-refractivity contribution in [2.45, 2.75) is 26.7 Å². The quantitative estimate of drug-likeness (QED) is 0.548. The summed E-state index contributed by atoms with van der Waals surface area (Å²) < 4.78 is 10.2. The average Bonchev–Trinajstić information content (AvgIpc) is 2.25. The van der Waals surface area contributed by atoms with Gasteiger partial charge in [0.1, 0.15) is 19.0 Å². The molecule has 16 heavy (non-hydrogen) atoms. The van der Waals surface area contributed by atoms with E-state index in [0.29, 0.717) is 13.2 Å². The number of hydrogen-bond acceptors (Lipinski definition) is 3. The first-order valence-corrected chi connectivity index (χ1v) is 5.57. The molecule has 3 heteroatoms. The third-order valence-electron chi connectivity index (χ3n) is 2.09. The number of benzene rings is 1. The van der Waals surface area contributed by atoms with E-state index in [0.717, 1.165) is 18.6 Å². The third-order valence-corrected chi connectivity index (χ3v) is 2.09. The zero-order valence-electron chi connectivity index (χ0n) is 9.86. The number of rotatable bonds is 6. The van der Waals surface area contributed by atoms with Crippen LogP contribution in [0, 0.1) is 0 Å². The van der Waals surface area contributed by atoms with Gasteiger partial charge in [-0.25, -0.2) is 0 Å². The van der Waals surface area contributed by atoms with Gasteiger partial charge in [-0.15, -0.1) is 0 Å². The summed E-state index contributed by atoms with van der Waals surface area (Å²) in [6, 6.07) is 8.00. The molecule has 1 aromatic rings. The summed E-state index contributed by atoms with van der Waals surface area (Å²) in [6.07, 6.45) is 2.18. The van der Waals surface area contributed by atoms with Gasteiger partial charge in [0.25, 0.3) is 0 Å². The maximum absolute atomic E-state index is 10.5. The van der Waals surface area contributed by atoms with Gasteiger partial charge in [-0.05, 0) is 24.1 Å². The van der Waals surface area contributed by atoms with Gasteiger partial charge in [-0.1, -0.05) is 25.5 Å². The smallest absolute Gasteiger partial charge is 0.302 e. The van der Waals surface area contributed by atoms with E-state index in [1.165, 1.54) is 12.5 Å². The van der Waals surface area contributed by atoms with Crippen LogP contribution < -0.4 is 4.74 Å². The fourth-order valence-corrected chi connectivity index (χ4v) is 1.42. The fourth-order valence-electron chi connectivity index (χ4n) is 1.42. The van der Waals surface area contributed by atoms with Gasteiger partial charge >= 0.3 is 5.97 Å². The van der Waals surface area contributed by atoms with E-state index in [1.54, 1.807) is 0 Å². The van der Waals surface area contributed by atoms with Gasteiger partial charge in [0.2, 0.25) is 0 Å². The molecule has 0 radical (unpaired) electrons. The molecule has 0 aromatic heterocycles. The van der Waals surface area contributed by atoms with Gasteiger partial charge in [0.05, 0.1) is 0 Å². The molecule has 0 saturated carbocycles. The Balaban J connectivity index is 2.35. The molecule has 0 unspecified atom stereocenters. The van der Waals surface area contributed by atoms with Crippen molar-refractivity contribution in [1.29, 1.82) is 0 Å². The summed E-state index contributed by atoms with van der Waals surface area (Å²) in [5.41, 5.74) is 1.27. The minimum Gasteiger partial charge on any atom is -0.490 e. The third kappa shape index (κ3) is 4.82. The Labute approximate surface area is 96.4 Å². The number of carbonyl (C=O) groups excluding carboxylic acids is 1. The Morgan fingerprint density at radius 1 is 1.31 bits per heavy atom. The number of esters is 1. The maximum atomic E-state index is 10.5. The van der Waals surface area contributed by atoms with Crippen LogP contribution >= 0.6 is 0 Å². The maximum Gasteiger partial charge on any atom is 0.302 e. The second kappa shape index (κ2) is 6.88. The van der Waals surface area contributed by atoms with Crippen LogP contribution in [-0.4, -0.2) is 19.2 Å². The summed E-state index contributed by atoms with van der Waals surface area (Å²) >= 11 is 0. The molecule has 0 atom stereocenters. The Kier molecular flexibility index (Phi) is 5.40. The van der Waals surface area contributed by atoms with Crippen molar-refractivity contribution in [2.24, 2.45) is 0 Å². The summed E-state index contributed by atoms with van der Waals surface area (Å²) in [7, 11) is 0. The zero-order valence-corrected chi connectivity index (χ0v) is 9.86. The van der Waals surface area contributed by atoms with E-state index >= 15 is 0 Å². The first-order valence-electron chi connectivity index (χ1n) is 5.57. The number of aryl methyl sites for hydroxylation is 1. The molecular formula is C13H18O3. The molecule has 88 valence electrons. The van der Waals surface area contributed by atoms with Crippen molar-refractivity contribution in [3.05, 3.63) is 29.8 Å². The van der Waals surface area contributed by atoms with E-state index in [1.807, 2.05) is 18.2 Å². The normalized spacial score (nSPS) is 9.88. The van der Waals surface area contributed by atoms with Gasteiger partial charge < -0.3 is 9.47 Å². The monoisotopic (exact) mass is 222 g/mol. The Morgan fingerprint density at radius 2 is 2.12 bits per heavy atom. The second-order valence-electron chi connectivity index (χ2n) is 3.59. The van der Waals surface area contributed by atoms with E-state index in [4.69, 9.17) is 9.47 Å². The summed E-state index contributed by atoms with van der Waals surface area (Å²) in [5, 5.41) is 0. The summed E-state index contributed by atoms with van der Waals surface area (Å²) in [6.45, 7) is 4.23. The van der Waals surface area contributed by atoms with E-state index in [-0.39, 0.29) is 5.97 Å². The van der Waals surface area contributed by atoms with Gasteiger partial charge in [0.15, 0.2) is 0 Å². The largest absolute Gasteiger partial charge is 0.490 e. The molecule has 0 heterocycles. The molecule has 0 saturated heterocycles. The topological polar surface area (TPSA) is 35.5 Å². The molecule has 1 rings (SSSR count). The predicted molar refractivity (Wildman–Crippen MR) is 62.6 cm³/mol. The van der Waals surface area contributed by atoms with Crippen molar-refractivity contribution >= 4 is 5.97 Å². The van der Waals surface area contributed by atoms with Crippen molar-refractivity contribution in [3.63, 3.8) is 0 Å². The van der Waals surface area contributed by atoms with Crippen LogP contribution in [0.3, 0.4) is 0 Å². The molecule has 3 nitrogen and oxygen atoms in total. The molecule has 0 N–H and O–H groups in total. The van der Waals surface area contributed by atoms with Gasteiger partial charge in [0, 0.05) is 6.92 Å². The lowest BCUT2D eigenvalue weighted by Crippen LogP contribution is -2.09. The van der Waals surface area contributed by atoms with Crippen LogP contribution in [-0.2, 0) is 16.0 Å². The highest BCUT2D eigenvalue weighted by Crippen LogP contribution is 2.14. The molecule has 1 aromatic carbocycles. The van der Waals surface area contributed by atoms with E-state index < -0.39 is 0 Å². The minimum atomic E-state index is -0.275. The van der Waals surface area contributed by atoms with Crippen LogP contribution in [0.15, 0.2) is 24.3 Å². The number of carbonyl (C=O) groups is 1. The zero-order chi connectivity index (χ0) is 11.8. The molecule has 0 fully saturated rings. The fraction of sp³-hybridized carbons (Fsp3) is 0.462. The van der Waals surface area contributed by atoms with E-state index in [9.17, 15) is 4.79 Å². The molecule has 0 aliphatic carbocycles. The van der Waals surface area contributed by atoms with Crippen LogP contribution in [0.5, 0.6) is 5.75 Å². The molecule has 0 bridgehead atoms. The van der Waals surface area contributed by atoms with Crippen LogP contribution in [0.4, 0.5) is 0 Å². The molecule has 0 spiro atoms. The summed E-state index contributed by atoms with van der Waals surface area (Å²) in [5.74, 6) is 0.557. The predicted octanol–water partition coefficient (Wildman–Crippen LogP) is 2.58. The lowest BCUT2D eigenvalue weighted by Gasteiger charge is -2.07. The standard InChI is InChI=1S/C13H18O3/c1-3-5-12-6-4-7-13(10-12)16-9-8-15-11(2)14/h4,6-7,10H,3,5,8-9H2,1-2H3. The first-order chi connectivity index (χ1) is 7.72. The number of ether oxygens (including phenoxy) is 2. The van der Waals surface area contributed by atoms with Crippen molar-refractivity contribution in [3.8, 4) is 5.75 Å². The van der Waals surface area contributed by atoms with E-state index in [2.05, 4.69) is 13.0 Å². The lowest BCUT2D eigenvalue weighted by atomic mass is 10.1. The minimum absolute atomic E-state index is 0.275. The summed E-state index contributed by atoms with van der Waals surface area (Å²) in [4.78, 5) is 10.5. The molecule has 0 aliphatic heterocycles. The van der Waals surface area contributed by atoms with Crippen molar-refractivity contribution in [1.82, 2.24) is 0 Å². The SMILES string of the molecule is CCCc1cccc(OCCOC(C)=O)c1. The number of hydrogen-bond donors (Lipinski definition) is 0. The highest BCUT2D eigenvalue weighted by Gasteiger charge is 1.97. The van der Waals surface area contributed by atoms with Crippen LogP contribution in [0.25, 0.3) is 0 Å². The van der Waals surface area contributed by atoms with Crippen LogP contribution in [0.1, 0.15) is 25.8 Å². The lowest BCUT2D eigenvalue weighted by molar-refractivity contribution is -0.141. The second-order valence-corrected chi connectivity index (χ2v) is 3.59. The molecule has 0 aliphatic rings. The van der Waals surface area contributed by atoms with Gasteiger partial charge in [-0.2, -0.15) is 0 Å². The van der Waals surface area contributed by atoms with Gasteiger partial charge in [-0.3, -0.25) is 4.79 Å². The Hall–Kier alpha value is -1.51. The highest BCUT2D eigenvalue weighted by atomic mass is 16.6. The Bertz CT molecular complexity index is 334. The molecule has 0 amide bonds. The van der Waals surface area contributed by atoms with Crippen molar-refractivity contribution in [2.75, 3.05) is 13.2 Å². The van der Waals surface area contributed by atoms with Crippen LogP contribution in [0.2, 0.25) is 0 Å². The van der Waals surface area contributed by atoms with Crippen molar-refractivity contribution < 1.29 is 14.3 Å². The Morgan fingerprint density at radius 3 is 2.81 bits per heavy atom.